The molecule has 0 aliphatic carbocycles. The number of hydrogen-bond acceptors (Lipinski definition) is 6. The van der Waals surface area contributed by atoms with Crippen LogP contribution in [0.15, 0.2) is 60.7 Å². The predicted octanol–water partition coefficient (Wildman–Crippen LogP) is 3.12. The first-order valence-electron chi connectivity index (χ1n) is 9.24. The van der Waals surface area contributed by atoms with Gasteiger partial charge in [0, 0.05) is 23.4 Å². The molecule has 0 saturated carbocycles. The van der Waals surface area contributed by atoms with Crippen LogP contribution in [0.25, 0.3) is 11.3 Å². The monoisotopic (exact) mass is 392 g/mol. The summed E-state index contributed by atoms with van der Waals surface area (Å²) in [6.45, 7) is 1.61. The molecule has 0 saturated heterocycles. The number of anilines is 1. The average Bonchev–Trinajstić information content (AvgIpc) is 2.78. The van der Waals surface area contributed by atoms with Crippen molar-refractivity contribution in [1.29, 1.82) is 0 Å². The Morgan fingerprint density at radius 3 is 2.59 bits per heavy atom. The van der Waals surface area contributed by atoms with E-state index in [0.29, 0.717) is 42.8 Å². The summed E-state index contributed by atoms with van der Waals surface area (Å²) in [5.41, 5.74) is 2.38. The van der Waals surface area contributed by atoms with Gasteiger partial charge in [-0.1, -0.05) is 30.3 Å². The van der Waals surface area contributed by atoms with Crippen LogP contribution in [-0.2, 0) is 0 Å². The van der Waals surface area contributed by atoms with Gasteiger partial charge in [-0.05, 0) is 18.2 Å². The molecule has 8 heteroatoms. The lowest BCUT2D eigenvalue weighted by Gasteiger charge is -2.19. The van der Waals surface area contributed by atoms with Crippen LogP contribution < -0.4 is 24.8 Å². The van der Waals surface area contributed by atoms with Gasteiger partial charge >= 0.3 is 6.03 Å². The quantitative estimate of drug-likeness (QED) is 0.626. The van der Waals surface area contributed by atoms with Gasteiger partial charge in [0.05, 0.1) is 12.2 Å². The third-order valence-electron chi connectivity index (χ3n) is 4.15. The largest absolute Gasteiger partial charge is 0.486 e. The van der Waals surface area contributed by atoms with Crippen LogP contribution in [0, 0.1) is 0 Å². The maximum Gasteiger partial charge on any atom is 0.319 e. The molecular weight excluding hydrogens is 372 g/mol. The normalized spacial score (nSPS) is 12.1. The van der Waals surface area contributed by atoms with Crippen LogP contribution in [-0.4, -0.2) is 42.6 Å². The predicted molar refractivity (Wildman–Crippen MR) is 107 cm³/mol. The average molecular weight is 392 g/mol. The first kappa shape index (κ1) is 18.5. The summed E-state index contributed by atoms with van der Waals surface area (Å²) >= 11 is 0. The smallest absolute Gasteiger partial charge is 0.319 e. The number of amides is 2. The highest BCUT2D eigenvalue weighted by molar-refractivity contribution is 5.89. The Morgan fingerprint density at radius 2 is 1.79 bits per heavy atom. The maximum absolute atomic E-state index is 12.0. The van der Waals surface area contributed by atoms with Crippen molar-refractivity contribution < 1.29 is 19.0 Å². The van der Waals surface area contributed by atoms with Crippen molar-refractivity contribution in [2.45, 2.75) is 0 Å². The van der Waals surface area contributed by atoms with E-state index in [1.807, 2.05) is 36.4 Å². The van der Waals surface area contributed by atoms with Crippen LogP contribution in [0.2, 0.25) is 0 Å². The lowest BCUT2D eigenvalue weighted by Crippen LogP contribution is -2.32. The molecule has 1 aliphatic rings. The van der Waals surface area contributed by atoms with Crippen molar-refractivity contribution >= 4 is 11.7 Å². The molecule has 0 fully saturated rings. The fraction of sp³-hybridized carbons (Fsp3) is 0.190. The van der Waals surface area contributed by atoms with Crippen LogP contribution >= 0.6 is 0 Å². The van der Waals surface area contributed by atoms with E-state index in [4.69, 9.17) is 14.2 Å². The molecule has 2 N–H and O–H groups in total. The van der Waals surface area contributed by atoms with Gasteiger partial charge < -0.3 is 24.8 Å². The van der Waals surface area contributed by atoms with Crippen LogP contribution in [0.4, 0.5) is 10.5 Å². The molecule has 0 radical (unpaired) electrons. The fourth-order valence-corrected chi connectivity index (χ4v) is 2.78. The first-order valence-corrected chi connectivity index (χ1v) is 9.24. The van der Waals surface area contributed by atoms with E-state index in [1.165, 1.54) is 0 Å². The van der Waals surface area contributed by atoms with Gasteiger partial charge in [-0.15, -0.1) is 10.2 Å². The highest BCUT2D eigenvalue weighted by atomic mass is 16.6. The lowest BCUT2D eigenvalue weighted by atomic mass is 10.1. The maximum atomic E-state index is 12.0. The molecule has 1 aromatic heterocycles. The molecule has 8 nitrogen and oxygen atoms in total. The number of carbonyl (C=O) groups is 1. The second kappa shape index (κ2) is 8.92. The third kappa shape index (κ3) is 4.92. The molecule has 1 aliphatic heterocycles. The molecule has 4 rings (SSSR count). The van der Waals surface area contributed by atoms with E-state index in [2.05, 4.69) is 20.8 Å². The minimum atomic E-state index is -0.337. The van der Waals surface area contributed by atoms with Gasteiger partial charge in [-0.2, -0.15) is 0 Å². The summed E-state index contributed by atoms with van der Waals surface area (Å²) in [4.78, 5) is 12.0. The number of aromatic nitrogens is 2. The van der Waals surface area contributed by atoms with Crippen molar-refractivity contribution in [1.82, 2.24) is 15.5 Å². The van der Waals surface area contributed by atoms with Crippen molar-refractivity contribution in [3.63, 3.8) is 0 Å². The number of hydrogen-bond donors (Lipinski definition) is 2. The summed E-state index contributed by atoms with van der Waals surface area (Å²) in [5.74, 6) is 1.70. The van der Waals surface area contributed by atoms with Gasteiger partial charge in [0.1, 0.15) is 19.8 Å². The zero-order valence-electron chi connectivity index (χ0n) is 15.6. The van der Waals surface area contributed by atoms with Crippen molar-refractivity contribution in [3.8, 4) is 28.6 Å². The van der Waals surface area contributed by atoms with Crippen LogP contribution in [0.3, 0.4) is 0 Å². The molecule has 148 valence electrons. The van der Waals surface area contributed by atoms with Gasteiger partial charge in [0.2, 0.25) is 5.88 Å². The SMILES string of the molecule is O=C(NCCOc1ccc(-c2ccccc2)nn1)Nc1ccc2c(c1)OCCO2. The van der Waals surface area contributed by atoms with Gasteiger partial charge in [0.25, 0.3) is 0 Å². The number of fused-ring (bicyclic) bond motifs is 1. The van der Waals surface area contributed by atoms with Crippen LogP contribution in [0.5, 0.6) is 17.4 Å². The second-order valence-corrected chi connectivity index (χ2v) is 6.21. The third-order valence-corrected chi connectivity index (χ3v) is 4.15. The summed E-state index contributed by atoms with van der Waals surface area (Å²) in [6.07, 6.45) is 0. The Morgan fingerprint density at radius 1 is 0.966 bits per heavy atom. The Balaban J connectivity index is 1.21. The molecule has 0 unspecified atom stereocenters. The Labute approximate surface area is 167 Å². The molecule has 0 bridgehead atoms. The van der Waals surface area contributed by atoms with E-state index in [1.54, 1.807) is 24.3 Å². The van der Waals surface area contributed by atoms with Gasteiger partial charge in [-0.3, -0.25) is 0 Å². The molecular formula is C21H20N4O4. The Kier molecular flexibility index (Phi) is 5.70. The van der Waals surface area contributed by atoms with Crippen molar-refractivity contribution in [3.05, 3.63) is 60.7 Å². The number of rotatable bonds is 6. The summed E-state index contributed by atoms with van der Waals surface area (Å²) in [5, 5.41) is 13.7. The van der Waals surface area contributed by atoms with Gasteiger partial charge in [0.15, 0.2) is 11.5 Å². The van der Waals surface area contributed by atoms with Gasteiger partial charge in [-0.25, -0.2) is 4.79 Å². The molecule has 2 amide bonds. The minimum Gasteiger partial charge on any atom is -0.486 e. The highest BCUT2D eigenvalue weighted by Crippen LogP contribution is 2.32. The summed E-state index contributed by atoms with van der Waals surface area (Å²) in [7, 11) is 0. The van der Waals surface area contributed by atoms with E-state index in [-0.39, 0.29) is 12.6 Å². The molecule has 0 atom stereocenters. The molecule has 0 spiro atoms. The zero-order valence-corrected chi connectivity index (χ0v) is 15.6. The van der Waals surface area contributed by atoms with E-state index < -0.39 is 0 Å². The van der Waals surface area contributed by atoms with E-state index >= 15 is 0 Å². The molecule has 29 heavy (non-hydrogen) atoms. The van der Waals surface area contributed by atoms with E-state index in [9.17, 15) is 4.79 Å². The topological polar surface area (TPSA) is 94.6 Å². The number of urea groups is 1. The second-order valence-electron chi connectivity index (χ2n) is 6.21. The molecule has 3 aromatic rings. The zero-order chi connectivity index (χ0) is 19.9. The number of nitrogens with zero attached hydrogens (tertiary/aromatic N) is 2. The van der Waals surface area contributed by atoms with Crippen molar-refractivity contribution in [2.24, 2.45) is 0 Å². The summed E-state index contributed by atoms with van der Waals surface area (Å²) in [6, 6.07) is 18.3. The number of nitrogens with one attached hydrogen (secondary N) is 2. The first-order chi connectivity index (χ1) is 14.3. The minimum absolute atomic E-state index is 0.272. The Hall–Kier alpha value is -3.81. The van der Waals surface area contributed by atoms with E-state index in [0.717, 1.165) is 11.3 Å². The van der Waals surface area contributed by atoms with Crippen LogP contribution in [0.1, 0.15) is 0 Å². The number of ether oxygens (including phenoxy) is 3. The lowest BCUT2D eigenvalue weighted by molar-refractivity contribution is 0.171. The number of carbonyl (C=O) groups excluding carboxylic acids is 1. The Bertz CT molecular complexity index is 964. The standard InChI is InChI=1S/C21H20N4O4/c26-21(23-16-6-8-18-19(14-16)28-13-12-27-18)22-10-11-29-20-9-7-17(24-25-20)15-4-2-1-3-5-15/h1-9,14H,10-13H2,(H2,22,23,26). The fourth-order valence-electron chi connectivity index (χ4n) is 2.78. The van der Waals surface area contributed by atoms with Crippen molar-refractivity contribution in [2.75, 3.05) is 31.7 Å². The molecule has 2 heterocycles. The summed E-state index contributed by atoms with van der Waals surface area (Å²) < 4.78 is 16.5. The number of benzene rings is 2. The molecule has 2 aromatic carbocycles. The highest BCUT2D eigenvalue weighted by Gasteiger charge is 2.12.